The summed E-state index contributed by atoms with van der Waals surface area (Å²) in [4.78, 5) is 11.2. The maximum Gasteiger partial charge on any atom is 0.337 e. The first-order chi connectivity index (χ1) is 8.16. The number of benzene rings is 1. The molecule has 1 saturated carbocycles. The summed E-state index contributed by atoms with van der Waals surface area (Å²) in [5, 5.41) is 12.6. The fourth-order valence-electron chi connectivity index (χ4n) is 2.29. The lowest BCUT2D eigenvalue weighted by atomic mass is 9.95. The monoisotopic (exact) mass is 345 g/mol. The molecule has 4 heteroatoms. The van der Waals surface area contributed by atoms with Gasteiger partial charge in [-0.15, -0.1) is 0 Å². The van der Waals surface area contributed by atoms with E-state index in [0.29, 0.717) is 11.6 Å². The molecule has 17 heavy (non-hydrogen) atoms. The van der Waals surface area contributed by atoms with E-state index in [1.807, 2.05) is 12.1 Å². The van der Waals surface area contributed by atoms with Crippen molar-refractivity contribution in [2.24, 2.45) is 0 Å². The largest absolute Gasteiger partial charge is 0.478 e. The van der Waals surface area contributed by atoms with Gasteiger partial charge in [-0.2, -0.15) is 0 Å². The number of aromatic carboxylic acids is 1. The highest BCUT2D eigenvalue weighted by Crippen LogP contribution is 2.25. The highest BCUT2D eigenvalue weighted by molar-refractivity contribution is 14.1. The minimum atomic E-state index is -0.859. The second kappa shape index (κ2) is 5.71. The van der Waals surface area contributed by atoms with Crippen LogP contribution in [0.3, 0.4) is 0 Å². The summed E-state index contributed by atoms with van der Waals surface area (Å²) in [6.07, 6.45) is 6.07. The first kappa shape index (κ1) is 12.7. The molecule has 0 heterocycles. The Labute approximate surface area is 115 Å². The van der Waals surface area contributed by atoms with Gasteiger partial charge in [0.2, 0.25) is 0 Å². The predicted octanol–water partition coefficient (Wildman–Crippen LogP) is 3.73. The number of hydrogen-bond acceptors (Lipinski definition) is 2. The lowest BCUT2D eigenvalue weighted by Crippen LogP contribution is -2.23. The Bertz CT molecular complexity index is 414. The molecule has 2 N–H and O–H groups in total. The Balaban J connectivity index is 2.16. The van der Waals surface area contributed by atoms with Crippen molar-refractivity contribution in [3.63, 3.8) is 0 Å². The highest BCUT2D eigenvalue weighted by Gasteiger charge is 2.16. The van der Waals surface area contributed by atoms with E-state index in [-0.39, 0.29) is 0 Å². The molecular weight excluding hydrogens is 329 g/mol. The summed E-state index contributed by atoms with van der Waals surface area (Å²) in [7, 11) is 0. The van der Waals surface area contributed by atoms with E-state index in [1.165, 1.54) is 19.3 Å². The number of carboxylic acid groups (broad SMARTS) is 1. The molecule has 2 rings (SSSR count). The molecule has 3 nitrogen and oxygen atoms in total. The Hall–Kier alpha value is -0.780. The first-order valence-corrected chi connectivity index (χ1v) is 7.04. The first-order valence-electron chi connectivity index (χ1n) is 5.96. The zero-order chi connectivity index (χ0) is 12.3. The van der Waals surface area contributed by atoms with Gasteiger partial charge in [0, 0.05) is 15.3 Å². The fourth-order valence-corrected chi connectivity index (χ4v) is 2.78. The molecule has 0 spiro atoms. The van der Waals surface area contributed by atoms with E-state index in [0.717, 1.165) is 22.1 Å². The molecule has 0 atom stereocenters. The van der Waals surface area contributed by atoms with Crippen molar-refractivity contribution in [2.75, 3.05) is 5.32 Å². The standard InChI is InChI=1S/C13H16INO2/c14-9-6-7-12(11(8-9)13(16)17)15-10-4-2-1-3-5-10/h6-8,10,15H,1-5H2,(H,16,17). The van der Waals surface area contributed by atoms with Crippen LogP contribution in [-0.2, 0) is 0 Å². The second-order valence-corrected chi connectivity index (χ2v) is 5.72. The fraction of sp³-hybridized carbons (Fsp3) is 0.462. The predicted molar refractivity (Wildman–Crippen MR) is 76.6 cm³/mol. The van der Waals surface area contributed by atoms with Gasteiger partial charge in [0.1, 0.15) is 0 Å². The molecule has 1 aliphatic carbocycles. The van der Waals surface area contributed by atoms with Gasteiger partial charge in [-0.3, -0.25) is 0 Å². The third-order valence-corrected chi connectivity index (χ3v) is 3.85. The van der Waals surface area contributed by atoms with Gasteiger partial charge < -0.3 is 10.4 Å². The van der Waals surface area contributed by atoms with Crippen LogP contribution in [-0.4, -0.2) is 17.1 Å². The molecule has 0 aliphatic heterocycles. The Morgan fingerprint density at radius 2 is 2.00 bits per heavy atom. The molecule has 1 aliphatic rings. The zero-order valence-corrected chi connectivity index (χ0v) is 11.7. The van der Waals surface area contributed by atoms with Gasteiger partial charge in [0.05, 0.1) is 5.56 Å². The molecule has 92 valence electrons. The highest BCUT2D eigenvalue weighted by atomic mass is 127. The van der Waals surface area contributed by atoms with Crippen LogP contribution in [0.15, 0.2) is 18.2 Å². The van der Waals surface area contributed by atoms with E-state index in [4.69, 9.17) is 0 Å². The Morgan fingerprint density at radius 3 is 2.65 bits per heavy atom. The number of hydrogen-bond donors (Lipinski definition) is 2. The molecule has 1 fully saturated rings. The van der Waals surface area contributed by atoms with Crippen molar-refractivity contribution >= 4 is 34.2 Å². The average molecular weight is 345 g/mol. The van der Waals surface area contributed by atoms with Crippen molar-refractivity contribution in [1.82, 2.24) is 0 Å². The normalized spacial score (nSPS) is 16.8. The number of halogens is 1. The molecule has 1 aromatic carbocycles. The van der Waals surface area contributed by atoms with E-state index < -0.39 is 5.97 Å². The van der Waals surface area contributed by atoms with Crippen LogP contribution in [0.4, 0.5) is 5.69 Å². The van der Waals surface area contributed by atoms with Gasteiger partial charge in [-0.25, -0.2) is 4.79 Å². The van der Waals surface area contributed by atoms with Gasteiger partial charge >= 0.3 is 5.97 Å². The van der Waals surface area contributed by atoms with Crippen molar-refractivity contribution in [3.05, 3.63) is 27.3 Å². The van der Waals surface area contributed by atoms with Gasteiger partial charge in [0.25, 0.3) is 0 Å². The van der Waals surface area contributed by atoms with Crippen LogP contribution < -0.4 is 5.32 Å². The molecule has 0 radical (unpaired) electrons. The summed E-state index contributed by atoms with van der Waals surface area (Å²) in [5.74, 6) is -0.859. The maximum absolute atomic E-state index is 11.2. The summed E-state index contributed by atoms with van der Waals surface area (Å²) in [6, 6.07) is 5.97. The Kier molecular flexibility index (Phi) is 4.25. The third-order valence-electron chi connectivity index (χ3n) is 3.18. The second-order valence-electron chi connectivity index (χ2n) is 4.47. The quantitative estimate of drug-likeness (QED) is 0.821. The smallest absolute Gasteiger partial charge is 0.337 e. The van der Waals surface area contributed by atoms with Crippen molar-refractivity contribution in [3.8, 4) is 0 Å². The molecule has 1 aromatic rings. The third kappa shape index (κ3) is 3.34. The SMILES string of the molecule is O=C(O)c1cc(I)ccc1NC1CCCCC1. The summed E-state index contributed by atoms with van der Waals surface area (Å²) in [5.41, 5.74) is 1.13. The number of rotatable bonds is 3. The molecule has 0 bridgehead atoms. The van der Waals surface area contributed by atoms with Crippen LogP contribution in [0, 0.1) is 3.57 Å². The minimum Gasteiger partial charge on any atom is -0.478 e. The maximum atomic E-state index is 11.2. The number of nitrogens with one attached hydrogen (secondary N) is 1. The lowest BCUT2D eigenvalue weighted by Gasteiger charge is -2.24. The van der Waals surface area contributed by atoms with Gasteiger partial charge in [0.15, 0.2) is 0 Å². The van der Waals surface area contributed by atoms with Crippen molar-refractivity contribution < 1.29 is 9.90 Å². The summed E-state index contributed by atoms with van der Waals surface area (Å²) >= 11 is 2.14. The average Bonchev–Trinajstić information content (AvgIpc) is 2.32. The molecule has 0 unspecified atom stereocenters. The molecular formula is C13H16INO2. The molecule has 0 saturated heterocycles. The summed E-state index contributed by atoms with van der Waals surface area (Å²) in [6.45, 7) is 0. The van der Waals surface area contributed by atoms with E-state index >= 15 is 0 Å². The zero-order valence-electron chi connectivity index (χ0n) is 9.58. The lowest BCUT2D eigenvalue weighted by molar-refractivity contribution is 0.0698. The molecule has 0 amide bonds. The van der Waals surface area contributed by atoms with Crippen molar-refractivity contribution in [2.45, 2.75) is 38.1 Å². The minimum absolute atomic E-state index is 0.377. The van der Waals surface area contributed by atoms with Crippen LogP contribution in [0.2, 0.25) is 0 Å². The number of carboxylic acids is 1. The van der Waals surface area contributed by atoms with E-state index in [9.17, 15) is 9.90 Å². The van der Waals surface area contributed by atoms with Crippen LogP contribution >= 0.6 is 22.6 Å². The van der Waals surface area contributed by atoms with Crippen LogP contribution in [0.1, 0.15) is 42.5 Å². The number of carbonyl (C=O) groups is 1. The van der Waals surface area contributed by atoms with Crippen molar-refractivity contribution in [1.29, 1.82) is 0 Å². The number of anilines is 1. The Morgan fingerprint density at radius 1 is 1.29 bits per heavy atom. The van der Waals surface area contributed by atoms with E-state index in [2.05, 4.69) is 27.9 Å². The van der Waals surface area contributed by atoms with Crippen LogP contribution in [0.25, 0.3) is 0 Å². The van der Waals surface area contributed by atoms with Gasteiger partial charge in [-0.05, 0) is 53.6 Å². The topological polar surface area (TPSA) is 49.3 Å². The summed E-state index contributed by atoms with van der Waals surface area (Å²) < 4.78 is 0.953. The molecule has 0 aromatic heterocycles. The van der Waals surface area contributed by atoms with Crippen LogP contribution in [0.5, 0.6) is 0 Å². The van der Waals surface area contributed by atoms with Gasteiger partial charge in [-0.1, -0.05) is 19.3 Å². The van der Waals surface area contributed by atoms with E-state index in [1.54, 1.807) is 6.07 Å².